The van der Waals surface area contributed by atoms with Crippen LogP contribution in [0, 0.1) is 11.8 Å². The van der Waals surface area contributed by atoms with Crippen molar-refractivity contribution in [3.05, 3.63) is 67.5 Å². The molecule has 10 nitrogen and oxygen atoms in total. The Morgan fingerprint density at radius 1 is 0.712 bits per heavy atom. The Kier molecular flexibility index (Phi) is 18.3. The van der Waals surface area contributed by atoms with Gasteiger partial charge in [0, 0.05) is 37.6 Å². The number of aromatic nitrogens is 2. The number of carbonyl (C=O) groups is 2. The first kappa shape index (κ1) is 46.4. The van der Waals surface area contributed by atoms with Crippen LogP contribution in [-0.4, -0.2) is 83.9 Å². The van der Waals surface area contributed by atoms with Gasteiger partial charge < -0.3 is 28.8 Å². The second-order valence-electron chi connectivity index (χ2n) is 14.1. The molecule has 0 bridgehead atoms. The molecule has 52 heavy (non-hydrogen) atoms. The maximum atomic E-state index is 13.4. The molecule has 2 aromatic heterocycles. The summed E-state index contributed by atoms with van der Waals surface area (Å²) in [7, 11) is 6.97. The molecule has 2 aromatic rings. The molecule has 0 aliphatic rings. The summed E-state index contributed by atoms with van der Waals surface area (Å²) in [6, 6.07) is -1.00. The van der Waals surface area contributed by atoms with E-state index in [1.165, 1.54) is 6.20 Å². The van der Waals surface area contributed by atoms with Gasteiger partial charge in [0.05, 0.1) is 17.7 Å². The van der Waals surface area contributed by atoms with E-state index in [1.807, 2.05) is 27.7 Å². The Bertz CT molecular complexity index is 1560. The van der Waals surface area contributed by atoms with Gasteiger partial charge in [0.15, 0.2) is 0 Å². The predicted molar refractivity (Wildman–Crippen MR) is 186 cm³/mol. The molecule has 2 heterocycles. The molecule has 0 aliphatic heterocycles. The zero-order valence-corrected chi connectivity index (χ0v) is 31.5. The van der Waals surface area contributed by atoms with Crippen LogP contribution in [0.25, 0.3) is 0 Å². The van der Waals surface area contributed by atoms with Gasteiger partial charge in [-0.25, -0.2) is 9.59 Å². The predicted octanol–water partition coefficient (Wildman–Crippen LogP) is 6.54. The number of likely N-dealkylation sites (N-methyl/N-ethyl adjacent to an activating group) is 2. The molecule has 0 spiro atoms. The van der Waals surface area contributed by atoms with Crippen LogP contribution in [0.3, 0.4) is 0 Å². The average molecular weight is 753 g/mol. The summed E-state index contributed by atoms with van der Waals surface area (Å²) in [5.41, 5.74) is -3.82. The number of nitrogens with zero attached hydrogens (tertiary/aromatic N) is 4. The van der Waals surface area contributed by atoms with Gasteiger partial charge in [0.1, 0.15) is 12.1 Å². The molecule has 2 unspecified atom stereocenters. The second-order valence-corrected chi connectivity index (χ2v) is 14.1. The maximum Gasteiger partial charge on any atom is 0.416 e. The van der Waals surface area contributed by atoms with Crippen LogP contribution >= 0.6 is 0 Å². The molecule has 0 fully saturated rings. The van der Waals surface area contributed by atoms with E-state index < -0.39 is 58.6 Å². The third-order valence-electron chi connectivity index (χ3n) is 8.14. The molecular weight excluding hydrogens is 698 g/mol. The lowest BCUT2D eigenvalue weighted by Gasteiger charge is -2.22. The number of esters is 1. The summed E-state index contributed by atoms with van der Waals surface area (Å²) < 4.78 is 86.8. The van der Waals surface area contributed by atoms with Crippen molar-refractivity contribution >= 4 is 11.9 Å². The molecule has 16 heteroatoms. The number of rotatable bonds is 17. The molecule has 2 atom stereocenters. The molecule has 1 N–H and O–H groups in total. The lowest BCUT2D eigenvalue weighted by molar-refractivity contribution is -0.147. The standard InChI is InChI=1S/C19H29F3N2O3.C17H25F3N2O3/c1-6-27-18(26)16(8-7-13(2)3)24-12-14(9-10-23(4)5)15(11-17(24)25)19(20,21)22;1-11(2)5-6-14(16(24)25)22-10-12(7-8-21(3)4)13(9-15(22)23)17(18,19)20/h11-13,16H,6-10H2,1-5H3;9-11,14H,5-8H2,1-4H3,(H,24,25). The zero-order chi connectivity index (χ0) is 40.1. The third-order valence-corrected chi connectivity index (χ3v) is 8.14. The van der Waals surface area contributed by atoms with E-state index in [2.05, 4.69) is 0 Å². The maximum absolute atomic E-state index is 13.4. The lowest BCUT2D eigenvalue weighted by Crippen LogP contribution is -2.33. The van der Waals surface area contributed by atoms with Gasteiger partial charge in [-0.1, -0.05) is 27.7 Å². The van der Waals surface area contributed by atoms with Gasteiger partial charge >= 0.3 is 24.3 Å². The van der Waals surface area contributed by atoms with Crippen LogP contribution in [0.5, 0.6) is 0 Å². The Morgan fingerprint density at radius 2 is 1.08 bits per heavy atom. The minimum absolute atomic E-state index is 0.00496. The average Bonchev–Trinajstić information content (AvgIpc) is 2.99. The van der Waals surface area contributed by atoms with Crippen LogP contribution in [0.2, 0.25) is 0 Å². The number of alkyl halides is 6. The van der Waals surface area contributed by atoms with E-state index in [0.29, 0.717) is 44.5 Å². The number of hydrogen-bond donors (Lipinski definition) is 1. The van der Waals surface area contributed by atoms with E-state index in [9.17, 15) is 50.6 Å². The molecule has 2 rings (SSSR count). The summed E-state index contributed by atoms with van der Waals surface area (Å²) in [6.45, 7) is 10.3. The van der Waals surface area contributed by atoms with Gasteiger partial charge in [-0.3, -0.25) is 9.59 Å². The van der Waals surface area contributed by atoms with E-state index in [-0.39, 0.29) is 48.8 Å². The molecular formula is C36H54F6N4O6. The zero-order valence-electron chi connectivity index (χ0n) is 31.5. The number of carbonyl (C=O) groups excluding carboxylic acids is 1. The van der Waals surface area contributed by atoms with Gasteiger partial charge in [-0.2, -0.15) is 26.3 Å². The van der Waals surface area contributed by atoms with Gasteiger partial charge in [-0.05, 0) is 96.6 Å². The number of pyridine rings is 2. The number of aliphatic carboxylic acids is 1. The van der Waals surface area contributed by atoms with Gasteiger partial charge in [0.2, 0.25) is 0 Å². The molecule has 0 saturated carbocycles. The van der Waals surface area contributed by atoms with E-state index in [4.69, 9.17) is 4.74 Å². The Balaban J connectivity index is 0.000000522. The number of carboxylic acids is 1. The van der Waals surface area contributed by atoms with E-state index >= 15 is 0 Å². The van der Waals surface area contributed by atoms with Crippen molar-refractivity contribution < 1.29 is 45.8 Å². The highest BCUT2D eigenvalue weighted by Crippen LogP contribution is 2.33. The molecule has 0 amide bonds. The van der Waals surface area contributed by atoms with Crippen molar-refractivity contribution in [2.24, 2.45) is 11.8 Å². The van der Waals surface area contributed by atoms with Crippen molar-refractivity contribution in [3.8, 4) is 0 Å². The summed E-state index contributed by atoms with van der Waals surface area (Å²) in [5.74, 6) is -1.32. The van der Waals surface area contributed by atoms with Crippen molar-refractivity contribution in [2.45, 2.75) is 97.6 Å². The Hall–Kier alpha value is -3.66. The van der Waals surface area contributed by atoms with Crippen LogP contribution < -0.4 is 11.1 Å². The van der Waals surface area contributed by atoms with Crippen LogP contribution in [-0.2, 0) is 39.5 Å². The fourth-order valence-electron chi connectivity index (χ4n) is 5.26. The quantitative estimate of drug-likeness (QED) is 0.143. The highest BCUT2D eigenvalue weighted by molar-refractivity contribution is 5.74. The summed E-state index contributed by atoms with van der Waals surface area (Å²) in [5, 5.41) is 9.41. The van der Waals surface area contributed by atoms with Crippen molar-refractivity contribution in [1.82, 2.24) is 18.9 Å². The summed E-state index contributed by atoms with van der Waals surface area (Å²) >= 11 is 0. The Labute approximate surface area is 301 Å². The number of ether oxygens (including phenoxy) is 1. The number of halogens is 6. The lowest BCUT2D eigenvalue weighted by atomic mass is 10.0. The smallest absolute Gasteiger partial charge is 0.416 e. The van der Waals surface area contributed by atoms with E-state index in [0.717, 1.165) is 15.3 Å². The highest BCUT2D eigenvalue weighted by Gasteiger charge is 2.36. The monoisotopic (exact) mass is 752 g/mol. The normalized spacial score (nSPS) is 13.4. The molecule has 0 aliphatic carbocycles. The van der Waals surface area contributed by atoms with Crippen molar-refractivity contribution in [3.63, 3.8) is 0 Å². The SMILES string of the molecule is CC(C)CCC(C(=O)O)n1cc(CCN(C)C)c(C(F)(F)F)cc1=O.CCOC(=O)C(CCC(C)C)n1cc(CCN(C)C)c(C(F)(F)F)cc1=O. The van der Waals surface area contributed by atoms with Crippen LogP contribution in [0.1, 0.15) is 94.6 Å². The minimum Gasteiger partial charge on any atom is -0.480 e. The van der Waals surface area contributed by atoms with Crippen molar-refractivity contribution in [1.29, 1.82) is 0 Å². The topological polar surface area (TPSA) is 114 Å². The first-order valence-electron chi connectivity index (χ1n) is 17.2. The second kappa shape index (κ2) is 20.5. The highest BCUT2D eigenvalue weighted by atomic mass is 19.4. The van der Waals surface area contributed by atoms with Gasteiger partial charge in [0.25, 0.3) is 11.1 Å². The molecule has 0 aromatic carbocycles. The number of hydrogen-bond acceptors (Lipinski definition) is 7. The van der Waals surface area contributed by atoms with Crippen LogP contribution in [0.15, 0.2) is 34.1 Å². The first-order chi connectivity index (χ1) is 23.9. The fraction of sp³-hybridized carbons (Fsp3) is 0.667. The van der Waals surface area contributed by atoms with Crippen molar-refractivity contribution in [2.75, 3.05) is 47.9 Å². The summed E-state index contributed by atoms with van der Waals surface area (Å²) in [6.07, 6.45) is -5.15. The largest absolute Gasteiger partial charge is 0.480 e. The molecule has 0 saturated heterocycles. The fourth-order valence-corrected chi connectivity index (χ4v) is 5.26. The third kappa shape index (κ3) is 15.1. The number of carboxylic acid groups (broad SMARTS) is 1. The molecule has 296 valence electrons. The van der Waals surface area contributed by atoms with Gasteiger partial charge in [-0.15, -0.1) is 0 Å². The molecule has 0 radical (unpaired) electrons. The summed E-state index contributed by atoms with van der Waals surface area (Å²) in [4.78, 5) is 51.9. The minimum atomic E-state index is -4.66. The first-order valence-corrected chi connectivity index (χ1v) is 17.2. The van der Waals surface area contributed by atoms with E-state index in [1.54, 1.807) is 44.9 Å². The Morgan fingerprint density at radius 3 is 1.38 bits per heavy atom. The van der Waals surface area contributed by atoms with Crippen LogP contribution in [0.4, 0.5) is 26.3 Å².